The smallest absolute Gasteiger partial charge is 0.223 e. The highest BCUT2D eigenvalue weighted by atomic mass is 16.1. The summed E-state index contributed by atoms with van der Waals surface area (Å²) in [4.78, 5) is 20.0. The van der Waals surface area contributed by atoms with Gasteiger partial charge in [-0.05, 0) is 39.2 Å². The minimum Gasteiger partial charge on any atom is -0.354 e. The van der Waals surface area contributed by atoms with Crippen molar-refractivity contribution in [3.63, 3.8) is 0 Å². The molecule has 1 heterocycles. The van der Waals surface area contributed by atoms with Gasteiger partial charge in [0.25, 0.3) is 0 Å². The summed E-state index contributed by atoms with van der Waals surface area (Å²) >= 11 is 0. The highest BCUT2D eigenvalue weighted by Crippen LogP contribution is 2.18. The molecule has 1 aromatic heterocycles. The van der Waals surface area contributed by atoms with Crippen LogP contribution in [0, 0.1) is 13.8 Å². The van der Waals surface area contributed by atoms with Gasteiger partial charge in [-0.1, -0.05) is 0 Å². The van der Waals surface area contributed by atoms with Gasteiger partial charge >= 0.3 is 0 Å². The molecule has 0 unspecified atom stereocenters. The molecular formula is C13H20N4O. The number of amides is 1. The zero-order valence-electron chi connectivity index (χ0n) is 11.0. The first kappa shape index (κ1) is 12.8. The third-order valence-electron chi connectivity index (χ3n) is 2.79. The number of carbonyl (C=O) groups excluding carboxylic acids is 1. The quantitative estimate of drug-likeness (QED) is 0.750. The summed E-state index contributed by atoms with van der Waals surface area (Å²) in [5.74, 6) is 0.802. The molecule has 0 aliphatic heterocycles. The molecule has 18 heavy (non-hydrogen) atoms. The maximum Gasteiger partial charge on any atom is 0.223 e. The highest BCUT2D eigenvalue weighted by Gasteiger charge is 2.22. The van der Waals surface area contributed by atoms with E-state index >= 15 is 0 Å². The van der Waals surface area contributed by atoms with E-state index in [9.17, 15) is 4.79 Å². The molecule has 0 radical (unpaired) electrons. The van der Waals surface area contributed by atoms with E-state index < -0.39 is 0 Å². The molecule has 1 aromatic rings. The second kappa shape index (κ2) is 5.80. The second-order valence-electron chi connectivity index (χ2n) is 4.85. The fourth-order valence-corrected chi connectivity index (χ4v) is 1.78. The van der Waals surface area contributed by atoms with Gasteiger partial charge in [0.2, 0.25) is 11.9 Å². The minimum absolute atomic E-state index is 0.153. The Morgan fingerprint density at radius 3 is 2.61 bits per heavy atom. The van der Waals surface area contributed by atoms with Crippen molar-refractivity contribution in [2.75, 3.05) is 11.9 Å². The monoisotopic (exact) mass is 248 g/mol. The van der Waals surface area contributed by atoms with Gasteiger partial charge in [-0.25, -0.2) is 9.97 Å². The molecule has 5 nitrogen and oxygen atoms in total. The number of aromatic nitrogens is 2. The van der Waals surface area contributed by atoms with Crippen molar-refractivity contribution in [2.45, 2.75) is 45.6 Å². The highest BCUT2D eigenvalue weighted by molar-refractivity contribution is 5.76. The standard InChI is InChI=1S/C13H20N4O/c1-9-8-10(2)16-13(15-9)14-7-3-4-12(18)17-11-5-6-11/h8,11H,3-7H2,1-2H3,(H,17,18)(H,14,15,16). The van der Waals surface area contributed by atoms with Crippen molar-refractivity contribution in [2.24, 2.45) is 0 Å². The Hall–Kier alpha value is -1.65. The van der Waals surface area contributed by atoms with E-state index in [1.807, 2.05) is 19.9 Å². The maximum absolute atomic E-state index is 11.4. The number of nitrogens with one attached hydrogen (secondary N) is 2. The van der Waals surface area contributed by atoms with Gasteiger partial charge in [0, 0.05) is 30.4 Å². The third-order valence-corrected chi connectivity index (χ3v) is 2.79. The van der Waals surface area contributed by atoms with Crippen molar-refractivity contribution in [3.05, 3.63) is 17.5 Å². The summed E-state index contributed by atoms with van der Waals surface area (Å²) in [6, 6.07) is 2.39. The van der Waals surface area contributed by atoms with E-state index in [1.54, 1.807) is 0 Å². The van der Waals surface area contributed by atoms with Crippen LogP contribution in [-0.4, -0.2) is 28.5 Å². The predicted octanol–water partition coefficient (Wildman–Crippen LogP) is 1.56. The van der Waals surface area contributed by atoms with Gasteiger partial charge in [-0.15, -0.1) is 0 Å². The fraction of sp³-hybridized carbons (Fsp3) is 0.615. The second-order valence-corrected chi connectivity index (χ2v) is 4.85. The zero-order valence-corrected chi connectivity index (χ0v) is 11.0. The Balaban J connectivity index is 1.66. The van der Waals surface area contributed by atoms with E-state index in [0.29, 0.717) is 18.4 Å². The molecule has 1 amide bonds. The molecule has 98 valence electrons. The first-order valence-electron chi connectivity index (χ1n) is 6.49. The van der Waals surface area contributed by atoms with E-state index in [-0.39, 0.29) is 5.91 Å². The van der Waals surface area contributed by atoms with Gasteiger partial charge in [0.15, 0.2) is 0 Å². The summed E-state index contributed by atoms with van der Waals surface area (Å²) in [7, 11) is 0. The molecule has 2 rings (SSSR count). The van der Waals surface area contributed by atoms with Crippen LogP contribution in [0.1, 0.15) is 37.1 Å². The molecule has 1 aliphatic carbocycles. The van der Waals surface area contributed by atoms with Gasteiger partial charge in [0.1, 0.15) is 0 Å². The van der Waals surface area contributed by atoms with Crippen molar-refractivity contribution < 1.29 is 4.79 Å². The van der Waals surface area contributed by atoms with Gasteiger partial charge in [-0.2, -0.15) is 0 Å². The molecule has 0 bridgehead atoms. The Kier molecular flexibility index (Phi) is 4.12. The Bertz CT molecular complexity index is 409. The van der Waals surface area contributed by atoms with Crippen LogP contribution in [-0.2, 0) is 4.79 Å². The van der Waals surface area contributed by atoms with Crippen LogP contribution < -0.4 is 10.6 Å². The molecule has 0 aromatic carbocycles. The van der Waals surface area contributed by atoms with Crippen molar-refractivity contribution in [3.8, 4) is 0 Å². The molecule has 1 fully saturated rings. The number of carbonyl (C=O) groups is 1. The van der Waals surface area contributed by atoms with Gasteiger partial charge in [-0.3, -0.25) is 4.79 Å². The molecule has 1 aliphatic rings. The van der Waals surface area contributed by atoms with Crippen molar-refractivity contribution in [1.82, 2.24) is 15.3 Å². The SMILES string of the molecule is Cc1cc(C)nc(NCCCC(=O)NC2CC2)n1. The van der Waals surface area contributed by atoms with Gasteiger partial charge in [0.05, 0.1) is 0 Å². The predicted molar refractivity (Wildman–Crippen MR) is 70.4 cm³/mol. The van der Waals surface area contributed by atoms with Crippen LogP contribution in [0.2, 0.25) is 0 Å². The molecule has 0 saturated heterocycles. The summed E-state index contributed by atoms with van der Waals surface area (Å²) in [5, 5.41) is 6.12. The van der Waals surface area contributed by atoms with Crippen LogP contribution >= 0.6 is 0 Å². The fourth-order valence-electron chi connectivity index (χ4n) is 1.78. The Labute approximate surface area is 107 Å². The largest absolute Gasteiger partial charge is 0.354 e. The lowest BCUT2D eigenvalue weighted by Crippen LogP contribution is -2.25. The van der Waals surface area contributed by atoms with E-state index in [0.717, 1.165) is 37.2 Å². The molecule has 1 saturated carbocycles. The number of hydrogen-bond donors (Lipinski definition) is 2. The van der Waals surface area contributed by atoms with Crippen LogP contribution in [0.15, 0.2) is 6.07 Å². The lowest BCUT2D eigenvalue weighted by Gasteiger charge is -2.06. The summed E-state index contributed by atoms with van der Waals surface area (Å²) in [6.45, 7) is 4.62. The van der Waals surface area contributed by atoms with Crippen LogP contribution in [0.25, 0.3) is 0 Å². The number of nitrogens with zero attached hydrogens (tertiary/aromatic N) is 2. The first-order chi connectivity index (χ1) is 8.63. The maximum atomic E-state index is 11.4. The van der Waals surface area contributed by atoms with Crippen LogP contribution in [0.3, 0.4) is 0 Å². The first-order valence-corrected chi connectivity index (χ1v) is 6.49. The molecule has 0 spiro atoms. The van der Waals surface area contributed by atoms with Gasteiger partial charge < -0.3 is 10.6 Å². The van der Waals surface area contributed by atoms with Crippen molar-refractivity contribution >= 4 is 11.9 Å². The minimum atomic E-state index is 0.153. The lowest BCUT2D eigenvalue weighted by atomic mass is 10.3. The topological polar surface area (TPSA) is 66.9 Å². The van der Waals surface area contributed by atoms with Crippen LogP contribution in [0.5, 0.6) is 0 Å². The third kappa shape index (κ3) is 4.31. The average molecular weight is 248 g/mol. The lowest BCUT2D eigenvalue weighted by molar-refractivity contribution is -0.121. The summed E-state index contributed by atoms with van der Waals surface area (Å²) in [5.41, 5.74) is 1.91. The molecule has 2 N–H and O–H groups in total. The van der Waals surface area contributed by atoms with E-state index in [1.165, 1.54) is 0 Å². The van der Waals surface area contributed by atoms with Crippen molar-refractivity contribution in [1.29, 1.82) is 0 Å². The molecule has 0 atom stereocenters. The zero-order chi connectivity index (χ0) is 13.0. The van der Waals surface area contributed by atoms with Crippen LogP contribution in [0.4, 0.5) is 5.95 Å². The Morgan fingerprint density at radius 2 is 2.00 bits per heavy atom. The number of rotatable bonds is 6. The normalized spacial score (nSPS) is 14.3. The molecular weight excluding hydrogens is 228 g/mol. The Morgan fingerprint density at radius 1 is 1.33 bits per heavy atom. The molecule has 5 heteroatoms. The van der Waals surface area contributed by atoms with E-state index in [2.05, 4.69) is 20.6 Å². The number of aryl methyl sites for hydroxylation is 2. The number of anilines is 1. The van der Waals surface area contributed by atoms with E-state index in [4.69, 9.17) is 0 Å². The number of hydrogen-bond acceptors (Lipinski definition) is 4. The summed E-state index contributed by atoms with van der Waals surface area (Å²) < 4.78 is 0. The summed E-state index contributed by atoms with van der Waals surface area (Å²) in [6.07, 6.45) is 3.64. The average Bonchev–Trinajstić information content (AvgIpc) is 3.07.